The summed E-state index contributed by atoms with van der Waals surface area (Å²) < 4.78 is 5.29. The molecule has 0 aliphatic heterocycles. The molecule has 1 unspecified atom stereocenters. The first-order valence-electron chi connectivity index (χ1n) is 4.93. The number of aliphatic hydroxyl groups is 1. The van der Waals surface area contributed by atoms with E-state index in [1.54, 1.807) is 0 Å². The normalized spacial score (nSPS) is 13.8. The Morgan fingerprint density at radius 1 is 1.50 bits per heavy atom. The summed E-state index contributed by atoms with van der Waals surface area (Å²) in [6.07, 6.45) is 0.720. The van der Waals surface area contributed by atoms with Gasteiger partial charge in [-0.2, -0.15) is 0 Å². The van der Waals surface area contributed by atoms with E-state index in [4.69, 9.17) is 9.84 Å². The maximum Gasteiger partial charge on any atom is 0.246 e. The SMILES string of the molecule is CCC(CO)NC(=O)COC(C)(C)C. The molecule has 84 valence electrons. The molecule has 0 aliphatic carbocycles. The Balaban J connectivity index is 3.75. The number of ether oxygens (including phenoxy) is 1. The fourth-order valence-electron chi connectivity index (χ4n) is 0.828. The van der Waals surface area contributed by atoms with Crippen LogP contribution in [0.5, 0.6) is 0 Å². The molecule has 0 aromatic carbocycles. The van der Waals surface area contributed by atoms with Crippen molar-refractivity contribution in [3.05, 3.63) is 0 Å². The molecule has 1 atom stereocenters. The van der Waals surface area contributed by atoms with E-state index in [1.807, 2.05) is 27.7 Å². The minimum Gasteiger partial charge on any atom is -0.394 e. The second-order valence-electron chi connectivity index (χ2n) is 4.26. The molecular weight excluding hydrogens is 182 g/mol. The number of aliphatic hydroxyl groups excluding tert-OH is 1. The van der Waals surface area contributed by atoms with E-state index in [0.717, 1.165) is 6.42 Å². The molecule has 0 aromatic heterocycles. The lowest BCUT2D eigenvalue weighted by Crippen LogP contribution is -2.40. The van der Waals surface area contributed by atoms with Gasteiger partial charge in [0.2, 0.25) is 5.91 Å². The lowest BCUT2D eigenvalue weighted by Gasteiger charge is -2.20. The van der Waals surface area contributed by atoms with Gasteiger partial charge in [-0.25, -0.2) is 0 Å². The van der Waals surface area contributed by atoms with Crippen LogP contribution in [0.1, 0.15) is 34.1 Å². The van der Waals surface area contributed by atoms with E-state index in [9.17, 15) is 4.79 Å². The van der Waals surface area contributed by atoms with Gasteiger partial charge in [-0.1, -0.05) is 6.92 Å². The first kappa shape index (κ1) is 13.4. The van der Waals surface area contributed by atoms with Crippen molar-refractivity contribution in [2.45, 2.75) is 45.8 Å². The van der Waals surface area contributed by atoms with E-state index in [-0.39, 0.29) is 30.8 Å². The Labute approximate surface area is 85.6 Å². The summed E-state index contributed by atoms with van der Waals surface area (Å²) in [7, 11) is 0. The quantitative estimate of drug-likeness (QED) is 0.691. The number of carbonyl (C=O) groups excluding carboxylic acids is 1. The zero-order valence-electron chi connectivity index (χ0n) is 9.46. The molecule has 0 bridgehead atoms. The van der Waals surface area contributed by atoms with Crippen molar-refractivity contribution in [1.82, 2.24) is 5.32 Å². The van der Waals surface area contributed by atoms with Crippen LogP contribution in [0.3, 0.4) is 0 Å². The molecule has 0 saturated heterocycles. The summed E-state index contributed by atoms with van der Waals surface area (Å²) in [4.78, 5) is 11.3. The van der Waals surface area contributed by atoms with Gasteiger partial charge >= 0.3 is 0 Å². The van der Waals surface area contributed by atoms with Gasteiger partial charge in [0.05, 0.1) is 18.2 Å². The number of hydrogen-bond donors (Lipinski definition) is 2. The van der Waals surface area contributed by atoms with Crippen molar-refractivity contribution in [2.75, 3.05) is 13.2 Å². The standard InChI is InChI=1S/C10H21NO3/c1-5-8(6-12)11-9(13)7-14-10(2,3)4/h8,12H,5-7H2,1-4H3,(H,11,13). The number of amides is 1. The second-order valence-corrected chi connectivity index (χ2v) is 4.26. The number of nitrogens with one attached hydrogen (secondary N) is 1. The van der Waals surface area contributed by atoms with Crippen molar-refractivity contribution < 1.29 is 14.6 Å². The van der Waals surface area contributed by atoms with Gasteiger partial charge < -0.3 is 15.2 Å². The Bertz CT molecular complexity index is 171. The zero-order chi connectivity index (χ0) is 11.2. The molecule has 0 aromatic rings. The van der Waals surface area contributed by atoms with Crippen LogP contribution in [0, 0.1) is 0 Å². The highest BCUT2D eigenvalue weighted by atomic mass is 16.5. The topological polar surface area (TPSA) is 58.6 Å². The van der Waals surface area contributed by atoms with E-state index < -0.39 is 0 Å². The largest absolute Gasteiger partial charge is 0.394 e. The third kappa shape index (κ3) is 6.86. The molecule has 0 radical (unpaired) electrons. The molecule has 0 fully saturated rings. The molecule has 4 heteroatoms. The van der Waals surface area contributed by atoms with Crippen molar-refractivity contribution in [1.29, 1.82) is 0 Å². The van der Waals surface area contributed by atoms with Crippen molar-refractivity contribution >= 4 is 5.91 Å². The second kappa shape index (κ2) is 5.98. The molecule has 0 aliphatic rings. The summed E-state index contributed by atoms with van der Waals surface area (Å²) in [5.41, 5.74) is -0.307. The van der Waals surface area contributed by atoms with E-state index in [0.29, 0.717) is 0 Å². The van der Waals surface area contributed by atoms with Crippen LogP contribution in [0.25, 0.3) is 0 Å². The van der Waals surface area contributed by atoms with Crippen LogP contribution in [0.2, 0.25) is 0 Å². The summed E-state index contributed by atoms with van der Waals surface area (Å²) >= 11 is 0. The van der Waals surface area contributed by atoms with E-state index >= 15 is 0 Å². The molecular formula is C10H21NO3. The van der Waals surface area contributed by atoms with Gasteiger partial charge in [-0.15, -0.1) is 0 Å². The first-order chi connectivity index (χ1) is 6.39. The van der Waals surface area contributed by atoms with Crippen LogP contribution >= 0.6 is 0 Å². The summed E-state index contributed by atoms with van der Waals surface area (Å²) in [5.74, 6) is -0.180. The van der Waals surface area contributed by atoms with Crippen LogP contribution in [0.4, 0.5) is 0 Å². The third-order valence-electron chi connectivity index (χ3n) is 1.71. The molecule has 1 amide bonds. The summed E-state index contributed by atoms with van der Waals surface area (Å²) in [6, 6.07) is -0.161. The lowest BCUT2D eigenvalue weighted by molar-refractivity contribution is -0.131. The Morgan fingerprint density at radius 3 is 2.43 bits per heavy atom. The Hall–Kier alpha value is -0.610. The molecule has 0 spiro atoms. The van der Waals surface area contributed by atoms with Gasteiger partial charge in [0.25, 0.3) is 0 Å². The molecule has 2 N–H and O–H groups in total. The predicted molar refractivity (Wildman–Crippen MR) is 55.0 cm³/mol. The average Bonchev–Trinajstić information content (AvgIpc) is 2.09. The zero-order valence-corrected chi connectivity index (χ0v) is 9.46. The Kier molecular flexibility index (Phi) is 5.72. The van der Waals surface area contributed by atoms with Gasteiger partial charge in [0.1, 0.15) is 6.61 Å². The minimum atomic E-state index is -0.307. The van der Waals surface area contributed by atoms with Crippen molar-refractivity contribution in [3.63, 3.8) is 0 Å². The molecule has 0 saturated carbocycles. The minimum absolute atomic E-state index is 0.0300. The lowest BCUT2D eigenvalue weighted by atomic mass is 10.2. The smallest absolute Gasteiger partial charge is 0.246 e. The van der Waals surface area contributed by atoms with Crippen molar-refractivity contribution in [3.8, 4) is 0 Å². The third-order valence-corrected chi connectivity index (χ3v) is 1.71. The van der Waals surface area contributed by atoms with Gasteiger partial charge in [-0.05, 0) is 27.2 Å². The van der Waals surface area contributed by atoms with E-state index in [1.165, 1.54) is 0 Å². The molecule has 0 rings (SSSR count). The van der Waals surface area contributed by atoms with Gasteiger partial charge in [0.15, 0.2) is 0 Å². The average molecular weight is 203 g/mol. The van der Waals surface area contributed by atoms with Crippen LogP contribution < -0.4 is 5.32 Å². The van der Waals surface area contributed by atoms with E-state index in [2.05, 4.69) is 5.32 Å². The number of carbonyl (C=O) groups is 1. The number of rotatable bonds is 5. The predicted octanol–water partition coefficient (Wildman–Crippen LogP) is 0.689. The van der Waals surface area contributed by atoms with Crippen LogP contribution in [-0.2, 0) is 9.53 Å². The van der Waals surface area contributed by atoms with Crippen LogP contribution in [0.15, 0.2) is 0 Å². The maximum atomic E-state index is 11.3. The number of hydrogen-bond acceptors (Lipinski definition) is 3. The molecule has 0 heterocycles. The monoisotopic (exact) mass is 203 g/mol. The van der Waals surface area contributed by atoms with Gasteiger partial charge in [-0.3, -0.25) is 4.79 Å². The first-order valence-corrected chi connectivity index (χ1v) is 4.93. The van der Waals surface area contributed by atoms with Crippen molar-refractivity contribution in [2.24, 2.45) is 0 Å². The summed E-state index contributed by atoms with van der Waals surface area (Å²) in [6.45, 7) is 7.60. The molecule has 14 heavy (non-hydrogen) atoms. The van der Waals surface area contributed by atoms with Gasteiger partial charge in [0, 0.05) is 0 Å². The Morgan fingerprint density at radius 2 is 2.07 bits per heavy atom. The van der Waals surface area contributed by atoms with Crippen LogP contribution in [-0.4, -0.2) is 35.9 Å². The molecule has 4 nitrogen and oxygen atoms in total. The highest BCUT2D eigenvalue weighted by Gasteiger charge is 2.14. The highest BCUT2D eigenvalue weighted by Crippen LogP contribution is 2.05. The highest BCUT2D eigenvalue weighted by molar-refractivity contribution is 5.77. The fraction of sp³-hybridized carbons (Fsp3) is 0.900. The fourth-order valence-corrected chi connectivity index (χ4v) is 0.828. The maximum absolute atomic E-state index is 11.3. The summed E-state index contributed by atoms with van der Waals surface area (Å²) in [5, 5.41) is 11.5.